The summed E-state index contributed by atoms with van der Waals surface area (Å²) in [5, 5.41) is 20.0. The van der Waals surface area contributed by atoms with Crippen molar-refractivity contribution in [3.8, 4) is 0 Å². The molecular formula is C39H43ClN6O4. The Bertz CT molecular complexity index is 1960. The SMILES string of the molecule is CNC(=O)[C@H](CCCc1ccccc1)NC(=O)C1CN(C(O)Cc2c[nH]c3cc(Cl)ccc23)CC2CN(C(=O)c3cc4ccccc4[nH]3)CC21. The van der Waals surface area contributed by atoms with Gasteiger partial charge in [0.25, 0.3) is 5.91 Å². The van der Waals surface area contributed by atoms with Gasteiger partial charge in [-0.1, -0.05) is 66.2 Å². The second-order valence-corrected chi connectivity index (χ2v) is 14.1. The maximum absolute atomic E-state index is 14.2. The van der Waals surface area contributed by atoms with Gasteiger partial charge in [-0.15, -0.1) is 0 Å². The Labute approximate surface area is 296 Å². The number of amides is 3. The van der Waals surface area contributed by atoms with E-state index in [2.05, 4.69) is 32.7 Å². The molecule has 0 saturated carbocycles. The molecular weight excluding hydrogens is 652 g/mol. The Morgan fingerprint density at radius 1 is 0.960 bits per heavy atom. The molecule has 50 heavy (non-hydrogen) atoms. The van der Waals surface area contributed by atoms with E-state index in [1.165, 1.54) is 5.56 Å². The number of aromatic amines is 2. The van der Waals surface area contributed by atoms with Gasteiger partial charge in [0.1, 0.15) is 18.0 Å². The first-order valence-electron chi connectivity index (χ1n) is 17.4. The summed E-state index contributed by atoms with van der Waals surface area (Å²) >= 11 is 6.20. The Morgan fingerprint density at radius 2 is 1.76 bits per heavy atom. The number of halogens is 1. The molecule has 10 nitrogen and oxygen atoms in total. The largest absolute Gasteiger partial charge is 0.378 e. The number of aryl methyl sites for hydroxylation is 1. The van der Waals surface area contributed by atoms with E-state index in [1.54, 1.807) is 7.05 Å². The Kier molecular flexibility index (Phi) is 9.94. The Balaban J connectivity index is 1.10. The van der Waals surface area contributed by atoms with Crippen molar-refractivity contribution in [2.45, 2.75) is 38.0 Å². The van der Waals surface area contributed by atoms with Gasteiger partial charge in [-0.3, -0.25) is 19.3 Å². The highest BCUT2D eigenvalue weighted by Crippen LogP contribution is 2.37. The van der Waals surface area contributed by atoms with Crippen molar-refractivity contribution in [2.24, 2.45) is 17.8 Å². The molecule has 260 valence electrons. The van der Waals surface area contributed by atoms with Crippen LogP contribution in [-0.4, -0.2) is 88.1 Å². The lowest BCUT2D eigenvalue weighted by molar-refractivity contribution is -0.136. The minimum atomic E-state index is -0.861. The highest BCUT2D eigenvalue weighted by Gasteiger charge is 2.48. The van der Waals surface area contributed by atoms with E-state index >= 15 is 0 Å². The molecule has 2 aliphatic heterocycles. The molecule has 0 bridgehead atoms. The fourth-order valence-electron chi connectivity index (χ4n) is 7.88. The van der Waals surface area contributed by atoms with E-state index in [0.29, 0.717) is 49.7 Å². The van der Waals surface area contributed by atoms with Crippen LogP contribution in [0.4, 0.5) is 0 Å². The highest BCUT2D eigenvalue weighted by atomic mass is 35.5. The number of para-hydroxylation sites is 1. The zero-order valence-electron chi connectivity index (χ0n) is 28.1. The van der Waals surface area contributed by atoms with Gasteiger partial charge in [-0.05, 0) is 66.5 Å². The third kappa shape index (κ3) is 7.14. The molecule has 4 heterocycles. The Hall–Kier alpha value is -4.64. The molecule has 5 atom stereocenters. The molecule has 3 amide bonds. The van der Waals surface area contributed by atoms with Crippen molar-refractivity contribution in [1.82, 2.24) is 30.4 Å². The predicted molar refractivity (Wildman–Crippen MR) is 195 cm³/mol. The number of nitrogens with zero attached hydrogens (tertiary/aromatic N) is 2. The number of aliphatic hydroxyl groups excluding tert-OH is 1. The van der Waals surface area contributed by atoms with Crippen LogP contribution < -0.4 is 10.6 Å². The third-order valence-electron chi connectivity index (χ3n) is 10.5. The number of fused-ring (bicyclic) bond motifs is 3. The third-order valence-corrected chi connectivity index (χ3v) is 10.8. The van der Waals surface area contributed by atoms with Gasteiger partial charge in [0.2, 0.25) is 11.8 Å². The van der Waals surface area contributed by atoms with Crippen LogP contribution >= 0.6 is 11.6 Å². The molecule has 5 aromatic rings. The first kappa shape index (κ1) is 33.8. The van der Waals surface area contributed by atoms with Crippen LogP contribution in [0.15, 0.2) is 85.1 Å². The van der Waals surface area contributed by atoms with Crippen molar-refractivity contribution in [2.75, 3.05) is 33.2 Å². The Morgan fingerprint density at radius 3 is 2.56 bits per heavy atom. The summed E-state index contributed by atoms with van der Waals surface area (Å²) in [4.78, 5) is 51.4. The molecule has 2 aliphatic rings. The van der Waals surface area contributed by atoms with E-state index in [0.717, 1.165) is 40.2 Å². The summed E-state index contributed by atoms with van der Waals surface area (Å²) in [5.74, 6) is -1.28. The number of hydrogen-bond acceptors (Lipinski definition) is 5. The van der Waals surface area contributed by atoms with Crippen LogP contribution in [0.2, 0.25) is 5.02 Å². The van der Waals surface area contributed by atoms with E-state index in [9.17, 15) is 19.5 Å². The van der Waals surface area contributed by atoms with Crippen molar-refractivity contribution in [3.05, 3.63) is 107 Å². The normalized spacial score (nSPS) is 20.5. The lowest BCUT2D eigenvalue weighted by Crippen LogP contribution is -2.57. The topological polar surface area (TPSA) is 134 Å². The number of likely N-dealkylation sites (N-methyl/N-ethyl adjacent to an activating group) is 1. The molecule has 11 heteroatoms. The van der Waals surface area contributed by atoms with E-state index in [1.807, 2.05) is 82.7 Å². The summed E-state index contributed by atoms with van der Waals surface area (Å²) in [6.45, 7) is 1.73. The lowest BCUT2D eigenvalue weighted by Gasteiger charge is -2.42. The summed E-state index contributed by atoms with van der Waals surface area (Å²) in [7, 11) is 1.58. The number of hydrogen-bond donors (Lipinski definition) is 5. The van der Waals surface area contributed by atoms with Crippen LogP contribution in [0.1, 0.15) is 34.5 Å². The smallest absolute Gasteiger partial charge is 0.270 e. The number of piperidine rings is 1. The van der Waals surface area contributed by atoms with Gasteiger partial charge in [-0.2, -0.15) is 0 Å². The molecule has 2 saturated heterocycles. The first-order chi connectivity index (χ1) is 24.3. The van der Waals surface area contributed by atoms with Crippen LogP contribution in [0, 0.1) is 17.8 Å². The quantitative estimate of drug-likeness (QED) is 0.136. The molecule has 3 aromatic carbocycles. The molecule has 2 fully saturated rings. The number of aromatic nitrogens is 2. The standard InChI is InChI=1S/C39H43ClN6O4/c1-41-38(49)33(13-7-10-24-8-3-2-4-9-24)44-37(48)31-23-45(36(47)17-26-19-42-34-18-28(40)14-15-29(26)34)20-27-21-46(22-30(27)31)39(50)35-16-25-11-5-6-12-32(25)43-35/h2-6,8-9,11-12,14-16,18-19,27,30-31,33,36,42-43,47H,7,10,13,17,20-23H2,1H3,(H,41,49)(H,44,48)/t27?,30?,31?,33-,36?/m0/s1. The summed E-state index contributed by atoms with van der Waals surface area (Å²) in [6, 6.07) is 24.7. The minimum Gasteiger partial charge on any atom is -0.378 e. The van der Waals surface area contributed by atoms with E-state index in [-0.39, 0.29) is 29.6 Å². The zero-order valence-corrected chi connectivity index (χ0v) is 28.8. The van der Waals surface area contributed by atoms with E-state index < -0.39 is 18.2 Å². The molecule has 4 unspecified atom stereocenters. The van der Waals surface area contributed by atoms with Gasteiger partial charge in [0.15, 0.2) is 0 Å². The van der Waals surface area contributed by atoms with Gasteiger partial charge < -0.3 is 30.6 Å². The van der Waals surface area contributed by atoms with Crippen molar-refractivity contribution >= 4 is 51.1 Å². The second kappa shape index (κ2) is 14.7. The van der Waals surface area contributed by atoms with Crippen LogP contribution in [0.3, 0.4) is 0 Å². The predicted octanol–water partition coefficient (Wildman–Crippen LogP) is 4.74. The van der Waals surface area contributed by atoms with Crippen LogP contribution in [-0.2, 0) is 22.4 Å². The van der Waals surface area contributed by atoms with Crippen LogP contribution in [0.5, 0.6) is 0 Å². The number of carbonyl (C=O) groups excluding carboxylic acids is 3. The van der Waals surface area contributed by atoms with Gasteiger partial charge >= 0.3 is 0 Å². The monoisotopic (exact) mass is 694 g/mol. The van der Waals surface area contributed by atoms with Crippen LogP contribution in [0.25, 0.3) is 21.8 Å². The fraction of sp³-hybridized carbons (Fsp3) is 0.359. The molecule has 5 N–H and O–H groups in total. The average molecular weight is 695 g/mol. The first-order valence-corrected chi connectivity index (χ1v) is 17.8. The molecule has 0 radical (unpaired) electrons. The molecule has 0 spiro atoms. The van der Waals surface area contributed by atoms with Gasteiger partial charge in [-0.25, -0.2) is 0 Å². The number of H-pyrrole nitrogens is 2. The summed E-state index contributed by atoms with van der Waals surface area (Å²) in [6.07, 6.45) is 3.39. The average Bonchev–Trinajstić information content (AvgIpc) is 3.87. The number of rotatable bonds is 11. The molecule has 7 rings (SSSR count). The lowest BCUT2D eigenvalue weighted by atomic mass is 9.79. The number of aliphatic hydroxyl groups is 1. The number of carbonyl (C=O) groups is 3. The maximum Gasteiger partial charge on any atom is 0.270 e. The number of benzene rings is 3. The maximum atomic E-state index is 14.2. The van der Waals surface area contributed by atoms with Crippen molar-refractivity contribution < 1.29 is 19.5 Å². The van der Waals surface area contributed by atoms with E-state index in [4.69, 9.17) is 11.6 Å². The highest BCUT2D eigenvalue weighted by molar-refractivity contribution is 6.31. The summed E-state index contributed by atoms with van der Waals surface area (Å²) < 4.78 is 0. The van der Waals surface area contributed by atoms with Crippen molar-refractivity contribution in [1.29, 1.82) is 0 Å². The van der Waals surface area contributed by atoms with Crippen molar-refractivity contribution in [3.63, 3.8) is 0 Å². The molecule has 2 aromatic heterocycles. The second-order valence-electron chi connectivity index (χ2n) is 13.7. The number of likely N-dealkylation sites (tertiary alicyclic amines) is 2. The van der Waals surface area contributed by atoms with Gasteiger partial charge in [0.05, 0.1) is 5.92 Å². The fourth-order valence-corrected chi connectivity index (χ4v) is 8.06. The minimum absolute atomic E-state index is 0.0409. The zero-order chi connectivity index (χ0) is 34.8. The number of nitrogens with one attached hydrogen (secondary N) is 4. The molecule has 0 aliphatic carbocycles. The summed E-state index contributed by atoms with van der Waals surface area (Å²) in [5.41, 5.74) is 4.43. The van der Waals surface area contributed by atoms with Gasteiger partial charge in [0, 0.05) is 72.7 Å².